The molecule has 1 aliphatic heterocycles. The SMILES string of the molecule is COC[C@@]1(C)Oc2ccc(C#N)cc2[C@@H](N=C(NC#N)c2cccnc2)[C@@H]1O. The first-order chi connectivity index (χ1) is 13.5. The number of hydrogen-bond acceptors (Lipinski definition) is 7. The molecule has 0 aliphatic carbocycles. The number of aliphatic imine (C=N–C) groups is 1. The maximum atomic E-state index is 11.1. The number of nitrogens with one attached hydrogen (secondary N) is 1. The van der Waals surface area contributed by atoms with E-state index < -0.39 is 17.7 Å². The van der Waals surface area contributed by atoms with E-state index in [1.54, 1.807) is 49.6 Å². The van der Waals surface area contributed by atoms with Gasteiger partial charge in [0.2, 0.25) is 0 Å². The smallest absolute Gasteiger partial charge is 0.182 e. The van der Waals surface area contributed by atoms with Crippen molar-refractivity contribution in [3.63, 3.8) is 0 Å². The summed E-state index contributed by atoms with van der Waals surface area (Å²) >= 11 is 0. The van der Waals surface area contributed by atoms with E-state index in [4.69, 9.17) is 14.7 Å². The Balaban J connectivity index is 2.16. The highest BCUT2D eigenvalue weighted by molar-refractivity contribution is 5.99. The van der Waals surface area contributed by atoms with Crippen molar-refractivity contribution < 1.29 is 14.6 Å². The fourth-order valence-corrected chi connectivity index (χ4v) is 3.17. The maximum Gasteiger partial charge on any atom is 0.182 e. The lowest BCUT2D eigenvalue weighted by Crippen LogP contribution is -2.54. The van der Waals surface area contributed by atoms with Gasteiger partial charge in [0.25, 0.3) is 0 Å². The zero-order chi connectivity index (χ0) is 20.1. The minimum absolute atomic E-state index is 0.132. The van der Waals surface area contributed by atoms with Crippen LogP contribution in [-0.4, -0.2) is 41.3 Å². The summed E-state index contributed by atoms with van der Waals surface area (Å²) in [7, 11) is 1.52. The lowest BCUT2D eigenvalue weighted by atomic mass is 9.85. The van der Waals surface area contributed by atoms with Gasteiger partial charge in [-0.05, 0) is 37.3 Å². The fourth-order valence-electron chi connectivity index (χ4n) is 3.17. The number of benzene rings is 1. The second-order valence-electron chi connectivity index (χ2n) is 6.56. The molecule has 8 nitrogen and oxygen atoms in total. The Morgan fingerprint density at radius 2 is 2.25 bits per heavy atom. The van der Waals surface area contributed by atoms with Gasteiger partial charge in [-0.1, -0.05) is 0 Å². The first-order valence-corrected chi connectivity index (χ1v) is 8.56. The zero-order valence-electron chi connectivity index (χ0n) is 15.5. The second-order valence-corrected chi connectivity index (χ2v) is 6.56. The molecular formula is C20H19N5O3. The van der Waals surface area contributed by atoms with Crippen LogP contribution in [0.5, 0.6) is 5.75 Å². The number of rotatable bonds is 4. The quantitative estimate of drug-likeness (QED) is 0.359. The normalized spacial score (nSPS) is 23.7. The Hall–Kier alpha value is -3.46. The fraction of sp³-hybridized carbons (Fsp3) is 0.300. The van der Waals surface area contributed by atoms with Crippen molar-refractivity contribution in [2.75, 3.05) is 13.7 Å². The molecule has 0 saturated heterocycles. The van der Waals surface area contributed by atoms with Gasteiger partial charge in [0.15, 0.2) is 11.8 Å². The highest BCUT2D eigenvalue weighted by Crippen LogP contribution is 2.42. The van der Waals surface area contributed by atoms with Gasteiger partial charge in [0, 0.05) is 30.6 Å². The Morgan fingerprint density at radius 1 is 1.43 bits per heavy atom. The standard InChI is InChI=1S/C20H19N5O3/c1-20(11-27-2)18(26)17(15-8-13(9-21)5-6-16(15)28-20)25-19(24-12-22)14-4-3-7-23-10-14/h3-8,10,17-18,26H,11H2,1-2H3,(H,24,25)/t17-,18+,20-/m1/s1. The van der Waals surface area contributed by atoms with Crippen LogP contribution in [0.4, 0.5) is 0 Å². The van der Waals surface area contributed by atoms with E-state index in [0.29, 0.717) is 22.4 Å². The van der Waals surface area contributed by atoms with E-state index in [2.05, 4.69) is 21.4 Å². The zero-order valence-corrected chi connectivity index (χ0v) is 15.5. The van der Waals surface area contributed by atoms with E-state index >= 15 is 0 Å². The predicted molar refractivity (Wildman–Crippen MR) is 100 cm³/mol. The molecular weight excluding hydrogens is 358 g/mol. The first kappa shape index (κ1) is 19.3. The number of aromatic nitrogens is 1. The summed E-state index contributed by atoms with van der Waals surface area (Å²) in [5.41, 5.74) is 0.508. The molecule has 1 aromatic heterocycles. The molecule has 0 fully saturated rings. The number of nitriles is 2. The van der Waals surface area contributed by atoms with Gasteiger partial charge in [0.05, 0.1) is 18.2 Å². The van der Waals surface area contributed by atoms with Gasteiger partial charge in [-0.15, -0.1) is 0 Å². The van der Waals surface area contributed by atoms with Crippen molar-refractivity contribution in [3.05, 3.63) is 59.4 Å². The monoisotopic (exact) mass is 377 g/mol. The lowest BCUT2D eigenvalue weighted by Gasteiger charge is -2.42. The highest BCUT2D eigenvalue weighted by atomic mass is 16.6. The van der Waals surface area contributed by atoms with Crippen molar-refractivity contribution in [2.24, 2.45) is 4.99 Å². The third kappa shape index (κ3) is 3.65. The molecule has 3 rings (SSSR count). The van der Waals surface area contributed by atoms with Crippen molar-refractivity contribution in [1.82, 2.24) is 10.3 Å². The minimum Gasteiger partial charge on any atom is -0.482 e. The van der Waals surface area contributed by atoms with E-state index in [1.807, 2.05) is 6.19 Å². The summed E-state index contributed by atoms with van der Waals surface area (Å²) in [6.45, 7) is 1.86. The number of pyridine rings is 1. The maximum absolute atomic E-state index is 11.1. The molecule has 142 valence electrons. The summed E-state index contributed by atoms with van der Waals surface area (Å²) in [4.78, 5) is 8.67. The van der Waals surface area contributed by atoms with Crippen LogP contribution < -0.4 is 10.1 Å². The average molecular weight is 377 g/mol. The molecule has 0 unspecified atom stereocenters. The van der Waals surface area contributed by atoms with Crippen LogP contribution in [0.2, 0.25) is 0 Å². The molecule has 0 amide bonds. The van der Waals surface area contributed by atoms with Crippen LogP contribution in [0, 0.1) is 22.8 Å². The Labute approximate surface area is 162 Å². The van der Waals surface area contributed by atoms with E-state index in [1.165, 1.54) is 7.11 Å². The summed E-state index contributed by atoms with van der Waals surface area (Å²) < 4.78 is 11.2. The number of nitrogens with zero attached hydrogens (tertiary/aromatic N) is 4. The predicted octanol–water partition coefficient (Wildman–Crippen LogP) is 1.67. The van der Waals surface area contributed by atoms with Gasteiger partial charge in [-0.2, -0.15) is 10.5 Å². The second kappa shape index (κ2) is 8.05. The Morgan fingerprint density at radius 3 is 2.89 bits per heavy atom. The molecule has 28 heavy (non-hydrogen) atoms. The van der Waals surface area contributed by atoms with Crippen molar-refractivity contribution in [1.29, 1.82) is 10.5 Å². The molecule has 0 saturated carbocycles. The molecule has 1 aromatic carbocycles. The largest absolute Gasteiger partial charge is 0.482 e. The summed E-state index contributed by atoms with van der Waals surface area (Å²) in [6.07, 6.45) is 3.96. The molecule has 0 spiro atoms. The molecule has 0 radical (unpaired) electrons. The number of aliphatic hydroxyl groups excluding tert-OH is 1. The average Bonchev–Trinajstić information content (AvgIpc) is 2.71. The topological polar surface area (TPSA) is 124 Å². The molecule has 2 heterocycles. The van der Waals surface area contributed by atoms with E-state index in [-0.39, 0.29) is 12.4 Å². The first-order valence-electron chi connectivity index (χ1n) is 8.56. The van der Waals surface area contributed by atoms with Crippen molar-refractivity contribution in [3.8, 4) is 18.0 Å². The Kier molecular flexibility index (Phi) is 5.55. The van der Waals surface area contributed by atoms with Gasteiger partial charge in [-0.3, -0.25) is 15.3 Å². The van der Waals surface area contributed by atoms with Gasteiger partial charge in [-0.25, -0.2) is 0 Å². The van der Waals surface area contributed by atoms with E-state index in [0.717, 1.165) is 0 Å². The number of aliphatic hydroxyl groups is 1. The Bertz CT molecular complexity index is 964. The molecule has 2 aromatic rings. The lowest BCUT2D eigenvalue weighted by molar-refractivity contribution is -0.104. The van der Waals surface area contributed by atoms with Crippen molar-refractivity contribution in [2.45, 2.75) is 24.7 Å². The van der Waals surface area contributed by atoms with Crippen LogP contribution in [0.25, 0.3) is 0 Å². The third-order valence-electron chi connectivity index (χ3n) is 4.53. The van der Waals surface area contributed by atoms with Gasteiger partial charge >= 0.3 is 0 Å². The number of hydrogen-bond donors (Lipinski definition) is 2. The molecule has 8 heteroatoms. The summed E-state index contributed by atoms with van der Waals surface area (Å²) in [6, 6.07) is 9.72. The molecule has 3 atom stereocenters. The molecule has 1 aliphatic rings. The van der Waals surface area contributed by atoms with Crippen LogP contribution >= 0.6 is 0 Å². The number of methoxy groups -OCH3 is 1. The third-order valence-corrected chi connectivity index (χ3v) is 4.53. The number of ether oxygens (including phenoxy) is 2. The summed E-state index contributed by atoms with van der Waals surface area (Å²) in [5, 5.41) is 32.0. The van der Waals surface area contributed by atoms with Gasteiger partial charge < -0.3 is 14.6 Å². The van der Waals surface area contributed by atoms with Gasteiger partial charge in [0.1, 0.15) is 23.7 Å². The van der Waals surface area contributed by atoms with Crippen LogP contribution in [0.3, 0.4) is 0 Å². The molecule has 2 N–H and O–H groups in total. The highest BCUT2D eigenvalue weighted by Gasteiger charge is 2.46. The summed E-state index contributed by atoms with van der Waals surface area (Å²) in [5.74, 6) is 0.759. The van der Waals surface area contributed by atoms with Crippen LogP contribution in [0.1, 0.15) is 29.7 Å². The number of amidine groups is 1. The van der Waals surface area contributed by atoms with Crippen molar-refractivity contribution >= 4 is 5.84 Å². The number of fused-ring (bicyclic) bond motifs is 1. The molecule has 0 bridgehead atoms. The van der Waals surface area contributed by atoms with Crippen LogP contribution in [0.15, 0.2) is 47.7 Å². The van der Waals surface area contributed by atoms with Crippen LogP contribution in [-0.2, 0) is 4.74 Å². The van der Waals surface area contributed by atoms with E-state index in [9.17, 15) is 10.4 Å². The minimum atomic E-state index is -1.08.